The van der Waals surface area contributed by atoms with E-state index in [1.54, 1.807) is 4.90 Å². The van der Waals surface area contributed by atoms with Gasteiger partial charge < -0.3 is 15.2 Å². The highest BCUT2D eigenvalue weighted by molar-refractivity contribution is 7.80. The zero-order valence-electron chi connectivity index (χ0n) is 15.3. The number of rotatable bonds is 3. The highest BCUT2D eigenvalue weighted by Gasteiger charge is 2.35. The van der Waals surface area contributed by atoms with Crippen LogP contribution < -0.4 is 21.1 Å². The van der Waals surface area contributed by atoms with Crippen LogP contribution in [0.2, 0.25) is 0 Å². The van der Waals surface area contributed by atoms with Crippen LogP contribution in [0.5, 0.6) is 0 Å². The van der Waals surface area contributed by atoms with E-state index in [-0.39, 0.29) is 27.6 Å². The average molecular weight is 424 g/mol. The van der Waals surface area contributed by atoms with Crippen molar-refractivity contribution in [1.82, 2.24) is 10.3 Å². The molecule has 1 fully saturated rings. The second-order valence-corrected chi connectivity index (χ2v) is 7.04. The van der Waals surface area contributed by atoms with Gasteiger partial charge in [0.1, 0.15) is 0 Å². The summed E-state index contributed by atoms with van der Waals surface area (Å²) in [7, 11) is 0. The van der Waals surface area contributed by atoms with Gasteiger partial charge >= 0.3 is 6.18 Å². The van der Waals surface area contributed by atoms with Crippen molar-refractivity contribution in [2.45, 2.75) is 25.4 Å². The van der Waals surface area contributed by atoms with E-state index in [1.807, 2.05) is 0 Å². The minimum absolute atomic E-state index is 0.116. The number of hydrogen-bond donors (Lipinski definition) is 3. The van der Waals surface area contributed by atoms with Crippen molar-refractivity contribution in [2.75, 3.05) is 23.3 Å². The van der Waals surface area contributed by atoms with Gasteiger partial charge in [0.15, 0.2) is 5.11 Å². The third-order valence-corrected chi connectivity index (χ3v) is 4.73. The summed E-state index contributed by atoms with van der Waals surface area (Å²) in [5.74, 6) is -0.597. The standard InChI is InChI=1S/C19H19F3N4O2S/c20-19(21,22)14-10-13(5-6-15(14)26-8-2-1-3-9-26)24-18(29)25-17(28)12-4-7-16(27)23-11-12/h4-7,10-11H,1-3,8-9H2,(H,23,27)(H2,24,25,28,29). The Bertz CT molecular complexity index is 948. The van der Waals surface area contributed by atoms with Gasteiger partial charge in [-0.15, -0.1) is 0 Å². The predicted molar refractivity (Wildman–Crippen MR) is 108 cm³/mol. The molecule has 0 bridgehead atoms. The number of anilines is 2. The van der Waals surface area contributed by atoms with Crippen molar-refractivity contribution < 1.29 is 18.0 Å². The van der Waals surface area contributed by atoms with Gasteiger partial charge in [-0.25, -0.2) is 0 Å². The number of benzene rings is 1. The first-order valence-corrected chi connectivity index (χ1v) is 9.42. The molecule has 0 aliphatic carbocycles. The number of carbonyl (C=O) groups excluding carboxylic acids is 1. The van der Waals surface area contributed by atoms with Crippen molar-refractivity contribution in [3.8, 4) is 0 Å². The fraction of sp³-hybridized carbons (Fsp3) is 0.316. The minimum Gasteiger partial charge on any atom is -0.371 e. The Balaban J connectivity index is 1.74. The molecule has 2 heterocycles. The largest absolute Gasteiger partial charge is 0.418 e. The number of alkyl halides is 3. The van der Waals surface area contributed by atoms with E-state index < -0.39 is 17.6 Å². The van der Waals surface area contributed by atoms with Gasteiger partial charge in [0.2, 0.25) is 5.56 Å². The smallest absolute Gasteiger partial charge is 0.371 e. The average Bonchev–Trinajstić information content (AvgIpc) is 2.68. The number of thiocarbonyl (C=S) groups is 1. The van der Waals surface area contributed by atoms with Gasteiger partial charge in [-0.2, -0.15) is 13.2 Å². The van der Waals surface area contributed by atoms with Crippen molar-refractivity contribution in [2.24, 2.45) is 0 Å². The normalized spacial score (nSPS) is 14.4. The molecule has 1 saturated heterocycles. The van der Waals surface area contributed by atoms with E-state index >= 15 is 0 Å². The molecule has 1 aliphatic rings. The van der Waals surface area contributed by atoms with Crippen LogP contribution in [0.4, 0.5) is 24.5 Å². The lowest BCUT2D eigenvalue weighted by atomic mass is 10.1. The maximum atomic E-state index is 13.6. The number of nitrogens with zero attached hydrogens (tertiary/aromatic N) is 1. The number of hydrogen-bond acceptors (Lipinski definition) is 4. The molecule has 0 radical (unpaired) electrons. The third kappa shape index (κ3) is 5.35. The van der Waals surface area contributed by atoms with Crippen molar-refractivity contribution >= 4 is 34.6 Å². The van der Waals surface area contributed by atoms with E-state index in [9.17, 15) is 22.8 Å². The highest BCUT2D eigenvalue weighted by atomic mass is 32.1. The van der Waals surface area contributed by atoms with Crippen molar-refractivity contribution in [3.05, 3.63) is 58.0 Å². The first-order valence-electron chi connectivity index (χ1n) is 9.01. The van der Waals surface area contributed by atoms with E-state index in [0.717, 1.165) is 25.3 Å². The van der Waals surface area contributed by atoms with Crippen LogP contribution in [0.3, 0.4) is 0 Å². The SMILES string of the molecule is O=C(NC(=S)Nc1ccc(N2CCCCC2)c(C(F)(F)F)c1)c1ccc(=O)[nH]c1. The van der Waals surface area contributed by atoms with Crippen molar-refractivity contribution in [3.63, 3.8) is 0 Å². The second kappa shape index (κ2) is 8.64. The van der Waals surface area contributed by atoms with Crippen LogP contribution in [-0.4, -0.2) is 29.1 Å². The molecule has 29 heavy (non-hydrogen) atoms. The quantitative estimate of drug-likeness (QED) is 0.658. The number of pyridine rings is 1. The van der Waals surface area contributed by atoms with Gasteiger partial charge in [-0.1, -0.05) is 0 Å². The van der Waals surface area contributed by atoms with Gasteiger partial charge in [-0.3, -0.25) is 14.9 Å². The Morgan fingerprint density at radius 2 is 1.83 bits per heavy atom. The molecule has 0 saturated carbocycles. The Kier molecular flexibility index (Phi) is 6.21. The van der Waals surface area contributed by atoms with E-state index in [4.69, 9.17) is 12.2 Å². The molecule has 154 valence electrons. The molecule has 0 unspecified atom stereocenters. The molecule has 10 heteroatoms. The Hall–Kier alpha value is -2.88. The molecule has 0 atom stereocenters. The number of halogens is 3. The molecule has 1 amide bonds. The Morgan fingerprint density at radius 1 is 1.10 bits per heavy atom. The Labute approximate surface area is 170 Å². The molecule has 1 aliphatic heterocycles. The monoisotopic (exact) mass is 424 g/mol. The van der Waals surface area contributed by atoms with Crippen LogP contribution in [0.1, 0.15) is 35.2 Å². The van der Waals surface area contributed by atoms with Gasteiger partial charge in [0.25, 0.3) is 5.91 Å². The molecule has 6 nitrogen and oxygen atoms in total. The van der Waals surface area contributed by atoms with Crippen LogP contribution >= 0.6 is 12.2 Å². The van der Waals surface area contributed by atoms with E-state index in [1.165, 1.54) is 30.5 Å². The molecular formula is C19H19F3N4O2S. The molecule has 3 N–H and O–H groups in total. The van der Waals surface area contributed by atoms with Gasteiger partial charge in [0, 0.05) is 36.7 Å². The van der Waals surface area contributed by atoms with Crippen molar-refractivity contribution in [1.29, 1.82) is 0 Å². The maximum Gasteiger partial charge on any atom is 0.418 e. The maximum absolute atomic E-state index is 13.6. The number of aromatic amines is 1. The zero-order valence-corrected chi connectivity index (χ0v) is 16.1. The summed E-state index contributed by atoms with van der Waals surface area (Å²) in [4.78, 5) is 27.2. The second-order valence-electron chi connectivity index (χ2n) is 6.63. The fourth-order valence-electron chi connectivity index (χ4n) is 3.14. The lowest BCUT2D eigenvalue weighted by molar-refractivity contribution is -0.137. The number of H-pyrrole nitrogens is 1. The summed E-state index contributed by atoms with van der Waals surface area (Å²) >= 11 is 5.03. The Morgan fingerprint density at radius 3 is 2.45 bits per heavy atom. The zero-order chi connectivity index (χ0) is 21.0. The third-order valence-electron chi connectivity index (χ3n) is 4.53. The summed E-state index contributed by atoms with van der Waals surface area (Å²) < 4.78 is 40.8. The van der Waals surface area contributed by atoms with E-state index in [2.05, 4.69) is 15.6 Å². The lowest BCUT2D eigenvalue weighted by Crippen LogP contribution is -2.34. The number of nitrogens with one attached hydrogen (secondary N) is 3. The molecule has 0 spiro atoms. The number of amides is 1. The summed E-state index contributed by atoms with van der Waals surface area (Å²) in [5, 5.41) is 4.82. The van der Waals surface area contributed by atoms with Crippen LogP contribution in [-0.2, 0) is 6.18 Å². The fourth-order valence-corrected chi connectivity index (χ4v) is 3.35. The van der Waals surface area contributed by atoms with Crippen LogP contribution in [0, 0.1) is 0 Å². The number of carbonyl (C=O) groups is 1. The molecule has 1 aromatic heterocycles. The van der Waals surface area contributed by atoms with Crippen LogP contribution in [0.15, 0.2) is 41.3 Å². The lowest BCUT2D eigenvalue weighted by Gasteiger charge is -2.31. The van der Waals surface area contributed by atoms with Gasteiger partial charge in [0.05, 0.1) is 11.1 Å². The first kappa shape index (κ1) is 20.8. The molecular weight excluding hydrogens is 405 g/mol. The summed E-state index contributed by atoms with van der Waals surface area (Å²) in [5.41, 5.74) is -0.698. The topological polar surface area (TPSA) is 77.2 Å². The first-order chi connectivity index (χ1) is 13.7. The summed E-state index contributed by atoms with van der Waals surface area (Å²) in [6.45, 7) is 1.17. The molecule has 1 aromatic carbocycles. The number of aromatic nitrogens is 1. The van der Waals surface area contributed by atoms with Crippen LogP contribution in [0.25, 0.3) is 0 Å². The summed E-state index contributed by atoms with van der Waals surface area (Å²) in [6, 6.07) is 6.40. The predicted octanol–water partition coefficient (Wildman–Crippen LogP) is 3.51. The van der Waals surface area contributed by atoms with E-state index in [0.29, 0.717) is 13.1 Å². The molecule has 2 aromatic rings. The molecule has 3 rings (SSSR count). The number of piperidine rings is 1. The summed E-state index contributed by atoms with van der Waals surface area (Å²) in [6.07, 6.45) is -0.572. The minimum atomic E-state index is -4.52. The van der Waals surface area contributed by atoms with Gasteiger partial charge in [-0.05, 0) is 55.7 Å². The highest BCUT2D eigenvalue weighted by Crippen LogP contribution is 2.39.